The molecule has 1 amide bonds. The molecule has 1 saturated carbocycles. The van der Waals surface area contributed by atoms with Crippen LogP contribution >= 0.6 is 0 Å². The molecule has 2 aliphatic rings. The maximum absolute atomic E-state index is 14.0. The lowest BCUT2D eigenvalue weighted by molar-refractivity contribution is -0.119. The van der Waals surface area contributed by atoms with Crippen molar-refractivity contribution in [1.82, 2.24) is 4.31 Å². The first-order valence-electron chi connectivity index (χ1n) is 11.7. The van der Waals surface area contributed by atoms with E-state index < -0.39 is 10.0 Å². The van der Waals surface area contributed by atoms with Crippen LogP contribution in [-0.2, 0) is 21.2 Å². The van der Waals surface area contributed by atoms with E-state index in [9.17, 15) is 13.2 Å². The van der Waals surface area contributed by atoms with Crippen LogP contribution in [0.25, 0.3) is 0 Å². The number of hydrogen-bond acceptors (Lipinski definition) is 3. The molecule has 1 aliphatic heterocycles. The van der Waals surface area contributed by atoms with E-state index in [1.54, 1.807) is 4.90 Å². The lowest BCUT2D eigenvalue weighted by Gasteiger charge is -2.35. The van der Waals surface area contributed by atoms with Crippen LogP contribution in [-0.4, -0.2) is 37.3 Å². The van der Waals surface area contributed by atoms with Gasteiger partial charge < -0.3 is 4.90 Å². The molecule has 1 fully saturated rings. The molecule has 4 rings (SSSR count). The van der Waals surface area contributed by atoms with E-state index >= 15 is 0 Å². The van der Waals surface area contributed by atoms with Gasteiger partial charge in [-0.25, -0.2) is 8.42 Å². The summed E-state index contributed by atoms with van der Waals surface area (Å²) in [6, 6.07) is 11.7. The molecular weight excluding hydrogens is 420 g/mol. The second kappa shape index (κ2) is 8.99. The maximum atomic E-state index is 14.0. The maximum Gasteiger partial charge on any atom is 0.244 e. The van der Waals surface area contributed by atoms with Crippen molar-refractivity contribution >= 4 is 21.6 Å². The topological polar surface area (TPSA) is 57.7 Å². The number of fused-ring (bicyclic) bond motifs is 1. The highest BCUT2D eigenvalue weighted by atomic mass is 32.2. The molecule has 5 nitrogen and oxygen atoms in total. The second-order valence-corrected chi connectivity index (χ2v) is 11.3. The molecule has 0 bridgehead atoms. The summed E-state index contributed by atoms with van der Waals surface area (Å²) in [7, 11) is -3.81. The lowest BCUT2D eigenvalue weighted by atomic mass is 9.95. The molecular formula is C26H34N2O3S. The summed E-state index contributed by atoms with van der Waals surface area (Å²) in [4.78, 5) is 15.8. The van der Waals surface area contributed by atoms with Crippen molar-refractivity contribution in [3.8, 4) is 0 Å². The van der Waals surface area contributed by atoms with E-state index in [4.69, 9.17) is 0 Å². The van der Waals surface area contributed by atoms with Crippen molar-refractivity contribution in [2.45, 2.75) is 83.2 Å². The Morgan fingerprint density at radius 3 is 2.31 bits per heavy atom. The van der Waals surface area contributed by atoms with Crippen LogP contribution in [0.5, 0.6) is 0 Å². The van der Waals surface area contributed by atoms with E-state index in [1.807, 2.05) is 64.1 Å². The number of anilines is 1. The summed E-state index contributed by atoms with van der Waals surface area (Å²) >= 11 is 0. The Morgan fingerprint density at radius 2 is 1.66 bits per heavy atom. The fourth-order valence-electron chi connectivity index (χ4n) is 5.63. The van der Waals surface area contributed by atoms with Gasteiger partial charge in [-0.05, 0) is 69.7 Å². The third-order valence-electron chi connectivity index (χ3n) is 6.92. The average Bonchev–Trinajstić information content (AvgIpc) is 3.07. The number of amides is 1. The van der Waals surface area contributed by atoms with Crippen LogP contribution in [0.3, 0.4) is 0 Å². The molecule has 1 heterocycles. The molecule has 0 unspecified atom stereocenters. The summed E-state index contributed by atoms with van der Waals surface area (Å²) in [6.45, 7) is 7.61. The van der Waals surface area contributed by atoms with Crippen molar-refractivity contribution < 1.29 is 13.2 Å². The first-order valence-corrected chi connectivity index (χ1v) is 13.1. The summed E-state index contributed by atoms with van der Waals surface area (Å²) in [5.74, 6) is -0.140. The van der Waals surface area contributed by atoms with Crippen molar-refractivity contribution in [2.24, 2.45) is 0 Å². The minimum absolute atomic E-state index is 0.0265. The SMILES string of the molecule is Cc1cc(C)c(S(=O)(=O)N(CC(=O)N2c3ccccc3C[C@H]2C)C2CCCCC2)c(C)c1. The Labute approximate surface area is 192 Å². The summed E-state index contributed by atoms with van der Waals surface area (Å²) < 4.78 is 29.6. The van der Waals surface area contributed by atoms with Crippen LogP contribution in [0.15, 0.2) is 41.3 Å². The van der Waals surface area contributed by atoms with Crippen LogP contribution in [0.2, 0.25) is 0 Å². The fraction of sp³-hybridized carbons (Fsp3) is 0.500. The van der Waals surface area contributed by atoms with Gasteiger partial charge in [-0.1, -0.05) is 55.2 Å². The van der Waals surface area contributed by atoms with E-state index in [1.165, 1.54) is 4.31 Å². The summed E-state index contributed by atoms with van der Waals surface area (Å²) in [5, 5.41) is 0. The Bertz CT molecular complexity index is 1100. The zero-order valence-electron chi connectivity index (χ0n) is 19.6. The van der Waals surface area contributed by atoms with E-state index in [0.29, 0.717) is 4.90 Å². The average molecular weight is 455 g/mol. The number of para-hydroxylation sites is 1. The minimum atomic E-state index is -3.81. The molecule has 0 saturated heterocycles. The van der Waals surface area contributed by atoms with Crippen LogP contribution in [0.4, 0.5) is 5.69 Å². The molecule has 6 heteroatoms. The van der Waals surface area contributed by atoms with Gasteiger partial charge >= 0.3 is 0 Å². The Hall–Kier alpha value is -2.18. The molecule has 32 heavy (non-hydrogen) atoms. The van der Waals surface area contributed by atoms with Crippen LogP contribution < -0.4 is 4.90 Å². The molecule has 2 aromatic rings. The number of hydrogen-bond donors (Lipinski definition) is 0. The highest BCUT2D eigenvalue weighted by molar-refractivity contribution is 7.89. The van der Waals surface area contributed by atoms with Gasteiger partial charge in [0, 0.05) is 17.8 Å². The minimum Gasteiger partial charge on any atom is -0.308 e. The number of carbonyl (C=O) groups excluding carboxylic acids is 1. The highest BCUT2D eigenvalue weighted by Gasteiger charge is 2.39. The van der Waals surface area contributed by atoms with Crippen molar-refractivity contribution in [3.05, 3.63) is 58.7 Å². The van der Waals surface area contributed by atoms with Gasteiger partial charge in [0.1, 0.15) is 0 Å². The molecule has 1 aliphatic carbocycles. The van der Waals surface area contributed by atoms with Gasteiger partial charge in [0.25, 0.3) is 0 Å². The lowest BCUT2D eigenvalue weighted by Crippen LogP contribution is -2.49. The van der Waals surface area contributed by atoms with Gasteiger partial charge in [-0.3, -0.25) is 4.79 Å². The quantitative estimate of drug-likeness (QED) is 0.645. The molecule has 0 spiro atoms. The standard InChI is InChI=1S/C26H34N2O3S/c1-18-14-19(2)26(20(3)15-18)32(30,31)27(23-11-6-5-7-12-23)17-25(29)28-21(4)16-22-10-8-9-13-24(22)28/h8-10,13-15,21,23H,5-7,11-12,16-17H2,1-4H3/t21-/m1/s1. The van der Waals surface area contributed by atoms with Crippen LogP contribution in [0, 0.1) is 20.8 Å². The zero-order chi connectivity index (χ0) is 23.0. The Balaban J connectivity index is 1.71. The summed E-state index contributed by atoms with van der Waals surface area (Å²) in [6.07, 6.45) is 5.54. The van der Waals surface area contributed by atoms with E-state index in [0.717, 1.165) is 66.5 Å². The number of rotatable bonds is 5. The third-order valence-corrected chi connectivity index (χ3v) is 9.12. The fourth-order valence-corrected chi connectivity index (χ4v) is 7.68. The third kappa shape index (κ3) is 4.23. The molecule has 0 radical (unpaired) electrons. The summed E-state index contributed by atoms with van der Waals surface area (Å²) in [5.41, 5.74) is 4.59. The number of carbonyl (C=O) groups is 1. The second-order valence-electron chi connectivity index (χ2n) is 9.52. The molecule has 0 aromatic heterocycles. The highest BCUT2D eigenvalue weighted by Crippen LogP contribution is 2.34. The Morgan fingerprint density at radius 1 is 1.03 bits per heavy atom. The molecule has 172 valence electrons. The van der Waals surface area contributed by atoms with Crippen molar-refractivity contribution in [1.29, 1.82) is 0 Å². The predicted molar refractivity (Wildman–Crippen MR) is 129 cm³/mol. The van der Waals surface area contributed by atoms with Gasteiger partial charge in [0.15, 0.2) is 0 Å². The molecule has 0 N–H and O–H groups in total. The van der Waals surface area contributed by atoms with Gasteiger partial charge in [-0.2, -0.15) is 4.31 Å². The zero-order valence-corrected chi connectivity index (χ0v) is 20.4. The van der Waals surface area contributed by atoms with Gasteiger partial charge in [0.2, 0.25) is 15.9 Å². The van der Waals surface area contributed by atoms with Crippen molar-refractivity contribution in [3.63, 3.8) is 0 Å². The largest absolute Gasteiger partial charge is 0.308 e. The predicted octanol–water partition coefficient (Wildman–Crippen LogP) is 4.91. The normalized spacial score (nSPS) is 19.4. The number of benzene rings is 2. The number of nitrogens with zero attached hydrogens (tertiary/aromatic N) is 2. The van der Waals surface area contributed by atoms with E-state index in [2.05, 4.69) is 0 Å². The number of aryl methyl sites for hydroxylation is 3. The smallest absolute Gasteiger partial charge is 0.244 e. The van der Waals surface area contributed by atoms with Crippen molar-refractivity contribution in [2.75, 3.05) is 11.4 Å². The molecule has 2 aromatic carbocycles. The monoisotopic (exact) mass is 454 g/mol. The van der Waals surface area contributed by atoms with Gasteiger partial charge in [-0.15, -0.1) is 0 Å². The Kier molecular flexibility index (Phi) is 6.46. The van der Waals surface area contributed by atoms with Crippen LogP contribution in [0.1, 0.15) is 61.3 Å². The van der Waals surface area contributed by atoms with E-state index in [-0.39, 0.29) is 24.5 Å². The first-order chi connectivity index (χ1) is 15.2. The first kappa shape index (κ1) is 23.0. The van der Waals surface area contributed by atoms with Gasteiger partial charge in [0.05, 0.1) is 11.4 Å². The number of sulfonamides is 1. The molecule has 1 atom stereocenters.